The maximum absolute atomic E-state index is 11.3. The number of unbranched alkanes of at least 4 members (excludes halogenated alkanes) is 1. The van der Waals surface area contributed by atoms with Crippen molar-refractivity contribution in [3.05, 3.63) is 18.2 Å². The quantitative estimate of drug-likeness (QED) is 0.718. The SMILES string of the molecule is CC(C)(C)CCn1cnc(C(CCCCN)C(=O)O)c1. The van der Waals surface area contributed by atoms with Crippen LogP contribution in [0.25, 0.3) is 0 Å². The minimum Gasteiger partial charge on any atom is -0.481 e. The first kappa shape index (κ1) is 16.7. The van der Waals surface area contributed by atoms with Crippen LogP contribution < -0.4 is 5.73 Å². The van der Waals surface area contributed by atoms with Gasteiger partial charge in [0.2, 0.25) is 0 Å². The highest BCUT2D eigenvalue weighted by Crippen LogP contribution is 2.23. The molecule has 20 heavy (non-hydrogen) atoms. The van der Waals surface area contributed by atoms with E-state index in [4.69, 9.17) is 5.73 Å². The number of rotatable bonds is 8. The number of carboxylic acid groups (broad SMARTS) is 1. The van der Waals surface area contributed by atoms with Crippen LogP contribution in [0.2, 0.25) is 0 Å². The lowest BCUT2D eigenvalue weighted by atomic mass is 9.92. The van der Waals surface area contributed by atoms with E-state index in [0.29, 0.717) is 18.7 Å². The van der Waals surface area contributed by atoms with Crippen molar-refractivity contribution in [1.82, 2.24) is 9.55 Å². The van der Waals surface area contributed by atoms with E-state index in [1.54, 1.807) is 6.33 Å². The summed E-state index contributed by atoms with van der Waals surface area (Å²) in [6.45, 7) is 8.05. The van der Waals surface area contributed by atoms with Crippen LogP contribution in [0.3, 0.4) is 0 Å². The molecule has 1 rings (SSSR count). The van der Waals surface area contributed by atoms with E-state index < -0.39 is 11.9 Å². The van der Waals surface area contributed by atoms with E-state index in [-0.39, 0.29) is 5.41 Å². The van der Waals surface area contributed by atoms with Gasteiger partial charge < -0.3 is 15.4 Å². The van der Waals surface area contributed by atoms with Crippen LogP contribution in [0, 0.1) is 5.41 Å². The lowest BCUT2D eigenvalue weighted by molar-refractivity contribution is -0.139. The topological polar surface area (TPSA) is 81.1 Å². The van der Waals surface area contributed by atoms with E-state index in [1.807, 2.05) is 10.8 Å². The average molecular weight is 281 g/mol. The molecule has 5 nitrogen and oxygen atoms in total. The molecule has 0 bridgehead atoms. The Balaban J connectivity index is 2.64. The summed E-state index contributed by atoms with van der Waals surface area (Å²) in [4.78, 5) is 15.6. The summed E-state index contributed by atoms with van der Waals surface area (Å²) in [7, 11) is 0. The summed E-state index contributed by atoms with van der Waals surface area (Å²) in [6.07, 6.45) is 6.92. The third kappa shape index (κ3) is 5.74. The molecule has 114 valence electrons. The zero-order valence-electron chi connectivity index (χ0n) is 12.8. The Morgan fingerprint density at radius 3 is 2.70 bits per heavy atom. The van der Waals surface area contributed by atoms with Gasteiger partial charge in [-0.05, 0) is 31.2 Å². The van der Waals surface area contributed by atoms with Crippen LogP contribution in [-0.4, -0.2) is 27.2 Å². The number of hydrogen-bond acceptors (Lipinski definition) is 3. The van der Waals surface area contributed by atoms with Crippen LogP contribution >= 0.6 is 0 Å². The Hall–Kier alpha value is -1.36. The zero-order chi connectivity index (χ0) is 15.2. The molecule has 0 aliphatic rings. The molecule has 0 aliphatic carbocycles. The predicted molar refractivity (Wildman–Crippen MR) is 79.6 cm³/mol. The molecule has 0 saturated heterocycles. The fraction of sp³-hybridized carbons (Fsp3) is 0.733. The molecule has 0 amide bonds. The second kappa shape index (κ2) is 7.43. The summed E-state index contributed by atoms with van der Waals surface area (Å²) in [5.74, 6) is -1.32. The Morgan fingerprint density at radius 1 is 1.45 bits per heavy atom. The van der Waals surface area contributed by atoms with Gasteiger partial charge in [-0.15, -0.1) is 0 Å². The highest BCUT2D eigenvalue weighted by Gasteiger charge is 2.22. The molecule has 0 fully saturated rings. The van der Waals surface area contributed by atoms with Crippen LogP contribution in [0.5, 0.6) is 0 Å². The molecular weight excluding hydrogens is 254 g/mol. The average Bonchev–Trinajstić information content (AvgIpc) is 2.79. The lowest BCUT2D eigenvalue weighted by Crippen LogP contribution is -2.13. The highest BCUT2D eigenvalue weighted by atomic mass is 16.4. The van der Waals surface area contributed by atoms with E-state index in [2.05, 4.69) is 25.8 Å². The zero-order valence-corrected chi connectivity index (χ0v) is 12.8. The number of aryl methyl sites for hydroxylation is 1. The van der Waals surface area contributed by atoms with Crippen molar-refractivity contribution < 1.29 is 9.90 Å². The fourth-order valence-corrected chi connectivity index (χ4v) is 2.03. The monoisotopic (exact) mass is 281 g/mol. The molecule has 1 aromatic rings. The van der Waals surface area contributed by atoms with E-state index in [9.17, 15) is 9.90 Å². The summed E-state index contributed by atoms with van der Waals surface area (Å²) in [5.41, 5.74) is 6.36. The minimum atomic E-state index is -0.803. The molecule has 0 saturated carbocycles. The Kier molecular flexibility index (Phi) is 6.20. The van der Waals surface area contributed by atoms with Crippen molar-refractivity contribution in [3.63, 3.8) is 0 Å². The van der Waals surface area contributed by atoms with Crippen LogP contribution in [0.4, 0.5) is 0 Å². The van der Waals surface area contributed by atoms with Crippen LogP contribution in [0.1, 0.15) is 58.1 Å². The van der Waals surface area contributed by atoms with Crippen LogP contribution in [0.15, 0.2) is 12.5 Å². The second-order valence-corrected chi connectivity index (χ2v) is 6.52. The van der Waals surface area contributed by atoms with Gasteiger partial charge in [0.05, 0.1) is 12.0 Å². The molecule has 1 atom stereocenters. The first-order valence-electron chi connectivity index (χ1n) is 7.28. The van der Waals surface area contributed by atoms with Gasteiger partial charge in [0.25, 0.3) is 0 Å². The van der Waals surface area contributed by atoms with E-state index in [1.165, 1.54) is 0 Å². The summed E-state index contributed by atoms with van der Waals surface area (Å²) >= 11 is 0. The maximum Gasteiger partial charge on any atom is 0.312 e. The van der Waals surface area contributed by atoms with Crippen molar-refractivity contribution >= 4 is 5.97 Å². The number of nitrogens with two attached hydrogens (primary N) is 1. The van der Waals surface area contributed by atoms with Gasteiger partial charge in [-0.1, -0.05) is 27.2 Å². The van der Waals surface area contributed by atoms with Crippen molar-refractivity contribution in [2.75, 3.05) is 6.54 Å². The first-order valence-corrected chi connectivity index (χ1v) is 7.28. The molecule has 1 heterocycles. The highest BCUT2D eigenvalue weighted by molar-refractivity contribution is 5.75. The van der Waals surface area contributed by atoms with Gasteiger partial charge in [-0.3, -0.25) is 4.79 Å². The molecule has 0 aliphatic heterocycles. The summed E-state index contributed by atoms with van der Waals surface area (Å²) in [5, 5.41) is 9.31. The molecule has 1 aromatic heterocycles. The standard InChI is InChI=1S/C15H27N3O2/c1-15(2,3)7-9-18-10-13(17-11-18)12(14(19)20)6-4-5-8-16/h10-12H,4-9,16H2,1-3H3,(H,19,20). The van der Waals surface area contributed by atoms with Gasteiger partial charge in [0.1, 0.15) is 5.92 Å². The number of nitrogens with zero attached hydrogens (tertiary/aromatic N) is 2. The molecule has 0 radical (unpaired) electrons. The lowest BCUT2D eigenvalue weighted by Gasteiger charge is -2.17. The van der Waals surface area contributed by atoms with Crippen molar-refractivity contribution in [3.8, 4) is 0 Å². The largest absolute Gasteiger partial charge is 0.481 e. The first-order chi connectivity index (χ1) is 9.33. The fourth-order valence-electron chi connectivity index (χ4n) is 2.03. The number of imidazole rings is 1. The third-order valence-electron chi connectivity index (χ3n) is 3.38. The number of hydrogen-bond donors (Lipinski definition) is 2. The molecule has 1 unspecified atom stereocenters. The predicted octanol–water partition coefficient (Wildman–Crippen LogP) is 2.62. The van der Waals surface area contributed by atoms with Crippen LogP contribution in [-0.2, 0) is 11.3 Å². The van der Waals surface area contributed by atoms with Gasteiger partial charge in [0.15, 0.2) is 0 Å². The third-order valence-corrected chi connectivity index (χ3v) is 3.38. The van der Waals surface area contributed by atoms with E-state index in [0.717, 1.165) is 25.8 Å². The molecule has 5 heteroatoms. The van der Waals surface area contributed by atoms with Crippen molar-refractivity contribution in [2.24, 2.45) is 11.1 Å². The number of carbonyl (C=O) groups is 1. The van der Waals surface area contributed by atoms with Gasteiger partial charge in [-0.25, -0.2) is 4.98 Å². The summed E-state index contributed by atoms with van der Waals surface area (Å²) in [6, 6.07) is 0. The number of aromatic nitrogens is 2. The smallest absolute Gasteiger partial charge is 0.312 e. The van der Waals surface area contributed by atoms with Gasteiger partial charge >= 0.3 is 5.97 Å². The van der Waals surface area contributed by atoms with Crippen molar-refractivity contribution in [2.45, 2.75) is 58.9 Å². The number of aliphatic carboxylic acids is 1. The Labute approximate surface area is 121 Å². The molecule has 0 spiro atoms. The Bertz CT molecular complexity index is 421. The van der Waals surface area contributed by atoms with Crippen molar-refractivity contribution in [1.29, 1.82) is 0 Å². The van der Waals surface area contributed by atoms with Gasteiger partial charge in [0, 0.05) is 12.7 Å². The normalized spacial score (nSPS) is 13.4. The number of carboxylic acids is 1. The minimum absolute atomic E-state index is 0.262. The molecule has 3 N–H and O–H groups in total. The second-order valence-electron chi connectivity index (χ2n) is 6.52. The Morgan fingerprint density at radius 2 is 2.15 bits per heavy atom. The molecular formula is C15H27N3O2. The summed E-state index contributed by atoms with van der Waals surface area (Å²) < 4.78 is 1.99. The van der Waals surface area contributed by atoms with Gasteiger partial charge in [-0.2, -0.15) is 0 Å². The molecule has 0 aromatic carbocycles. The van der Waals surface area contributed by atoms with E-state index >= 15 is 0 Å². The maximum atomic E-state index is 11.3.